The monoisotopic (exact) mass is 324 g/mol. The van der Waals surface area contributed by atoms with Crippen molar-refractivity contribution in [3.8, 4) is 0 Å². The van der Waals surface area contributed by atoms with Crippen molar-refractivity contribution in [3.05, 3.63) is 58.7 Å². The molecule has 2 aromatic rings. The van der Waals surface area contributed by atoms with Gasteiger partial charge in [0.2, 0.25) is 0 Å². The molecule has 1 fully saturated rings. The molecule has 0 bridgehead atoms. The average molecular weight is 324 g/mol. The highest BCUT2D eigenvalue weighted by molar-refractivity contribution is 5.93. The Kier molecular flexibility index (Phi) is 3.85. The standard InChI is InChI=1S/C20H21FN2O/c21-17-11-16(10-15-6-8-23-18(15)17)19(24)20(7-9-22-13-20)12-14-4-2-1-3-5-14/h1-6,8,10,16,22-23H,7,9,11-13H2/t16?,20-/m1/s1. The molecule has 1 aromatic heterocycles. The molecule has 0 spiro atoms. The molecular formula is C20H21FN2O. The Balaban J connectivity index is 1.66. The number of aromatic nitrogens is 1. The summed E-state index contributed by atoms with van der Waals surface area (Å²) < 4.78 is 14.4. The summed E-state index contributed by atoms with van der Waals surface area (Å²) >= 11 is 0. The van der Waals surface area contributed by atoms with Crippen LogP contribution in [0.5, 0.6) is 0 Å². The van der Waals surface area contributed by atoms with Crippen LogP contribution < -0.4 is 15.9 Å². The highest BCUT2D eigenvalue weighted by Gasteiger charge is 2.44. The number of hydrogen-bond acceptors (Lipinski definition) is 2. The zero-order valence-corrected chi connectivity index (χ0v) is 13.5. The van der Waals surface area contributed by atoms with Crippen LogP contribution in [-0.4, -0.2) is 23.9 Å². The quantitative estimate of drug-likeness (QED) is 0.899. The van der Waals surface area contributed by atoms with Crippen molar-refractivity contribution in [3.63, 3.8) is 0 Å². The third kappa shape index (κ3) is 2.61. The van der Waals surface area contributed by atoms with Gasteiger partial charge in [0.15, 0.2) is 0 Å². The van der Waals surface area contributed by atoms with Gasteiger partial charge in [0.25, 0.3) is 0 Å². The first kappa shape index (κ1) is 15.3. The Morgan fingerprint density at radius 2 is 2.08 bits per heavy atom. The molecule has 2 heterocycles. The highest BCUT2D eigenvalue weighted by atomic mass is 19.1. The van der Waals surface area contributed by atoms with Gasteiger partial charge in [0.1, 0.15) is 11.6 Å². The molecule has 2 atom stereocenters. The maximum absolute atomic E-state index is 14.4. The number of hydrogen-bond donors (Lipinski definition) is 2. The predicted molar refractivity (Wildman–Crippen MR) is 92.2 cm³/mol. The second kappa shape index (κ2) is 6.02. The number of rotatable bonds is 4. The maximum atomic E-state index is 14.4. The lowest BCUT2D eigenvalue weighted by Crippen LogP contribution is -2.42. The number of H-pyrrole nitrogens is 1. The summed E-state index contributed by atoms with van der Waals surface area (Å²) in [6, 6.07) is 12.0. The lowest BCUT2D eigenvalue weighted by Gasteiger charge is -2.30. The van der Waals surface area contributed by atoms with Crippen LogP contribution in [0, 0.1) is 11.3 Å². The van der Waals surface area contributed by atoms with Gasteiger partial charge in [-0.2, -0.15) is 0 Å². The lowest BCUT2D eigenvalue weighted by molar-refractivity contribution is -0.130. The first-order valence-electron chi connectivity index (χ1n) is 8.51. The number of carbonyl (C=O) groups is 1. The van der Waals surface area contributed by atoms with Crippen LogP contribution in [0.3, 0.4) is 0 Å². The molecule has 0 saturated carbocycles. The molecular weight excluding hydrogens is 303 g/mol. The van der Waals surface area contributed by atoms with Crippen molar-refractivity contribution >= 4 is 17.7 Å². The summed E-state index contributed by atoms with van der Waals surface area (Å²) in [7, 11) is 0. The van der Waals surface area contributed by atoms with E-state index < -0.39 is 5.41 Å². The van der Waals surface area contributed by atoms with Gasteiger partial charge in [0.05, 0.1) is 5.35 Å². The van der Waals surface area contributed by atoms with E-state index in [4.69, 9.17) is 0 Å². The molecule has 2 N–H and O–H groups in total. The second-order valence-corrected chi connectivity index (χ2v) is 6.92. The molecule has 4 heteroatoms. The Labute approximate surface area is 140 Å². The van der Waals surface area contributed by atoms with Crippen LogP contribution in [0.4, 0.5) is 4.39 Å². The van der Waals surface area contributed by atoms with Gasteiger partial charge in [-0.1, -0.05) is 36.4 Å². The first-order chi connectivity index (χ1) is 11.7. The SMILES string of the molecule is O=C(C1C=c2cc[nH]c2=C(F)C1)[C@@]1(Cc2ccccc2)CCNC1. The number of benzene rings is 1. The van der Waals surface area contributed by atoms with E-state index in [9.17, 15) is 9.18 Å². The zero-order valence-electron chi connectivity index (χ0n) is 13.5. The maximum Gasteiger partial charge on any atom is 0.147 e. The molecule has 1 aromatic carbocycles. The van der Waals surface area contributed by atoms with Gasteiger partial charge in [-0.3, -0.25) is 4.79 Å². The van der Waals surface area contributed by atoms with Crippen LogP contribution in [0.25, 0.3) is 11.9 Å². The second-order valence-electron chi connectivity index (χ2n) is 6.92. The summed E-state index contributed by atoms with van der Waals surface area (Å²) in [6.45, 7) is 1.51. The number of aromatic amines is 1. The highest BCUT2D eigenvalue weighted by Crippen LogP contribution is 2.36. The Hall–Kier alpha value is -2.20. The fourth-order valence-corrected chi connectivity index (χ4v) is 4.07. The van der Waals surface area contributed by atoms with Crippen molar-refractivity contribution in [1.29, 1.82) is 0 Å². The molecule has 0 amide bonds. The number of carbonyl (C=O) groups excluding carboxylic acids is 1. The predicted octanol–water partition coefficient (Wildman–Crippen LogP) is 1.68. The third-order valence-electron chi connectivity index (χ3n) is 5.32. The van der Waals surface area contributed by atoms with E-state index in [1.165, 1.54) is 0 Å². The molecule has 124 valence electrons. The summed E-state index contributed by atoms with van der Waals surface area (Å²) in [4.78, 5) is 16.3. The molecule has 2 aliphatic rings. The minimum atomic E-state index is -0.434. The molecule has 1 aliphatic carbocycles. The average Bonchev–Trinajstić information content (AvgIpc) is 3.25. The van der Waals surface area contributed by atoms with Gasteiger partial charge in [-0.25, -0.2) is 4.39 Å². The fourth-order valence-electron chi connectivity index (χ4n) is 4.07. The molecule has 24 heavy (non-hydrogen) atoms. The molecule has 1 saturated heterocycles. The van der Waals surface area contributed by atoms with E-state index in [2.05, 4.69) is 22.4 Å². The number of fused-ring (bicyclic) bond motifs is 1. The van der Waals surface area contributed by atoms with E-state index in [1.54, 1.807) is 6.20 Å². The van der Waals surface area contributed by atoms with Crippen LogP contribution in [0.15, 0.2) is 42.6 Å². The van der Waals surface area contributed by atoms with Crippen LogP contribution in [0.1, 0.15) is 18.4 Å². The number of nitrogens with one attached hydrogen (secondary N) is 2. The number of ketones is 1. The van der Waals surface area contributed by atoms with Gasteiger partial charge in [-0.15, -0.1) is 0 Å². The van der Waals surface area contributed by atoms with Crippen molar-refractivity contribution in [2.75, 3.05) is 13.1 Å². The van der Waals surface area contributed by atoms with Crippen molar-refractivity contribution in [2.24, 2.45) is 11.3 Å². The fraction of sp³-hybridized carbons (Fsp3) is 0.350. The van der Waals surface area contributed by atoms with Gasteiger partial charge in [0, 0.05) is 30.5 Å². The van der Waals surface area contributed by atoms with E-state index >= 15 is 0 Å². The Bertz CT molecular complexity index is 863. The molecule has 4 rings (SSSR count). The lowest BCUT2D eigenvalue weighted by atomic mass is 9.71. The summed E-state index contributed by atoms with van der Waals surface area (Å²) in [5.41, 5.74) is 0.730. The molecule has 1 unspecified atom stereocenters. The van der Waals surface area contributed by atoms with Crippen molar-refractivity contribution in [2.45, 2.75) is 19.3 Å². The Morgan fingerprint density at radius 1 is 1.25 bits per heavy atom. The van der Waals surface area contributed by atoms with E-state index in [0.29, 0.717) is 18.3 Å². The van der Waals surface area contributed by atoms with Crippen LogP contribution >= 0.6 is 0 Å². The van der Waals surface area contributed by atoms with Crippen molar-refractivity contribution in [1.82, 2.24) is 10.3 Å². The largest absolute Gasteiger partial charge is 0.359 e. The normalized spacial score (nSPS) is 26.0. The molecule has 1 aliphatic heterocycles. The van der Waals surface area contributed by atoms with Crippen LogP contribution in [0.2, 0.25) is 0 Å². The summed E-state index contributed by atoms with van der Waals surface area (Å²) in [5, 5.41) is 4.67. The van der Waals surface area contributed by atoms with Gasteiger partial charge >= 0.3 is 0 Å². The minimum absolute atomic E-state index is 0.165. The van der Waals surface area contributed by atoms with E-state index in [1.807, 2.05) is 30.3 Å². The summed E-state index contributed by atoms with van der Waals surface area (Å²) in [6.07, 6.45) is 5.36. The van der Waals surface area contributed by atoms with Crippen LogP contribution in [-0.2, 0) is 11.2 Å². The molecule has 3 nitrogen and oxygen atoms in total. The summed E-state index contributed by atoms with van der Waals surface area (Å²) in [5.74, 6) is -0.424. The van der Waals surface area contributed by atoms with Gasteiger partial charge in [-0.05, 0) is 36.2 Å². The zero-order chi connectivity index (χ0) is 16.6. The first-order valence-corrected chi connectivity index (χ1v) is 8.51. The minimum Gasteiger partial charge on any atom is -0.359 e. The van der Waals surface area contributed by atoms with E-state index in [-0.39, 0.29) is 23.9 Å². The smallest absolute Gasteiger partial charge is 0.147 e. The van der Waals surface area contributed by atoms with E-state index in [0.717, 1.165) is 23.7 Å². The Morgan fingerprint density at radius 3 is 2.83 bits per heavy atom. The van der Waals surface area contributed by atoms with Crippen molar-refractivity contribution < 1.29 is 9.18 Å². The van der Waals surface area contributed by atoms with Gasteiger partial charge < -0.3 is 10.3 Å². The number of Topliss-reactive ketones (excluding diaryl/α,β-unsaturated/α-hetero) is 1. The molecule has 0 radical (unpaired) electrons. The topological polar surface area (TPSA) is 44.9 Å². The third-order valence-corrected chi connectivity index (χ3v) is 5.32. The number of halogens is 1.